The van der Waals surface area contributed by atoms with Gasteiger partial charge in [0.25, 0.3) is 0 Å². The zero-order valence-corrected chi connectivity index (χ0v) is 13.2. The van der Waals surface area contributed by atoms with Gasteiger partial charge in [-0.2, -0.15) is 0 Å². The van der Waals surface area contributed by atoms with Gasteiger partial charge in [-0.1, -0.05) is 13.8 Å². The fourth-order valence-electron chi connectivity index (χ4n) is 2.60. The van der Waals surface area contributed by atoms with Gasteiger partial charge in [0.1, 0.15) is 5.75 Å². The number of benzene rings is 1. The van der Waals surface area contributed by atoms with Crippen molar-refractivity contribution in [2.75, 3.05) is 6.61 Å². The van der Waals surface area contributed by atoms with Gasteiger partial charge in [0.2, 0.25) is 10.0 Å². The minimum Gasteiger partial charge on any atom is -0.493 e. The summed E-state index contributed by atoms with van der Waals surface area (Å²) < 4.78 is 33.4. The van der Waals surface area contributed by atoms with E-state index in [2.05, 4.69) is 4.72 Å². The summed E-state index contributed by atoms with van der Waals surface area (Å²) in [5.74, 6) is 0.953. The molecule has 0 aromatic heterocycles. The molecule has 21 heavy (non-hydrogen) atoms. The van der Waals surface area contributed by atoms with Gasteiger partial charge in [-0.3, -0.25) is 0 Å². The first-order chi connectivity index (χ1) is 9.88. The first-order valence-corrected chi connectivity index (χ1v) is 8.95. The molecule has 1 fully saturated rings. The van der Waals surface area contributed by atoms with E-state index in [4.69, 9.17) is 10.5 Å². The Morgan fingerprint density at radius 1 is 1.29 bits per heavy atom. The number of fused-ring (bicyclic) bond motifs is 1. The number of rotatable bonds is 4. The van der Waals surface area contributed by atoms with Crippen LogP contribution >= 0.6 is 0 Å². The van der Waals surface area contributed by atoms with Crippen molar-refractivity contribution < 1.29 is 13.2 Å². The van der Waals surface area contributed by atoms with Crippen LogP contribution in [0.25, 0.3) is 0 Å². The summed E-state index contributed by atoms with van der Waals surface area (Å²) in [6.45, 7) is 4.65. The number of sulfonamides is 1. The molecule has 0 spiro atoms. The van der Waals surface area contributed by atoms with Crippen LogP contribution in [0, 0.1) is 0 Å². The van der Waals surface area contributed by atoms with Crippen molar-refractivity contribution in [2.45, 2.75) is 56.0 Å². The fourth-order valence-corrected chi connectivity index (χ4v) is 3.98. The van der Waals surface area contributed by atoms with Crippen LogP contribution in [0.5, 0.6) is 5.75 Å². The zero-order valence-electron chi connectivity index (χ0n) is 12.4. The lowest BCUT2D eigenvalue weighted by atomic mass is 9.93. The Morgan fingerprint density at radius 2 is 2.00 bits per heavy atom. The van der Waals surface area contributed by atoms with E-state index in [1.165, 1.54) is 0 Å². The molecule has 1 aliphatic heterocycles. The molecular weight excluding hydrogens is 288 g/mol. The molecule has 0 saturated heterocycles. The van der Waals surface area contributed by atoms with Gasteiger partial charge in [0, 0.05) is 24.1 Å². The maximum absolute atomic E-state index is 12.5. The average Bonchev–Trinajstić information content (AvgIpc) is 3.21. The first kappa shape index (κ1) is 14.8. The van der Waals surface area contributed by atoms with E-state index in [-0.39, 0.29) is 18.0 Å². The molecule has 116 valence electrons. The third-order valence-corrected chi connectivity index (χ3v) is 5.53. The van der Waals surface area contributed by atoms with Gasteiger partial charge in [-0.25, -0.2) is 13.1 Å². The van der Waals surface area contributed by atoms with Gasteiger partial charge in [-0.15, -0.1) is 0 Å². The maximum atomic E-state index is 12.5. The molecule has 5 nitrogen and oxygen atoms in total. The zero-order chi connectivity index (χ0) is 15.2. The van der Waals surface area contributed by atoms with Crippen LogP contribution in [-0.4, -0.2) is 21.1 Å². The minimum atomic E-state index is -3.47. The number of hydrogen-bond donors (Lipinski definition) is 2. The summed E-state index contributed by atoms with van der Waals surface area (Å²) >= 11 is 0. The predicted octanol–water partition coefficient (Wildman–Crippen LogP) is 2.03. The van der Waals surface area contributed by atoms with Gasteiger partial charge < -0.3 is 10.5 Å². The monoisotopic (exact) mass is 310 g/mol. The van der Waals surface area contributed by atoms with Crippen LogP contribution in [0.4, 0.5) is 0 Å². The average molecular weight is 310 g/mol. The summed E-state index contributed by atoms with van der Waals surface area (Å²) in [6.07, 6.45) is 2.55. The van der Waals surface area contributed by atoms with Crippen LogP contribution in [0.1, 0.15) is 56.2 Å². The number of nitrogens with two attached hydrogens (primary N) is 1. The largest absolute Gasteiger partial charge is 0.493 e. The molecule has 1 unspecified atom stereocenters. The van der Waals surface area contributed by atoms with Crippen molar-refractivity contribution in [3.8, 4) is 5.75 Å². The molecule has 1 aromatic carbocycles. The van der Waals surface area contributed by atoms with Crippen LogP contribution < -0.4 is 15.2 Å². The molecule has 0 amide bonds. The highest BCUT2D eigenvalue weighted by atomic mass is 32.2. The molecule has 0 radical (unpaired) electrons. The Morgan fingerprint density at radius 3 is 2.62 bits per heavy atom. The van der Waals surface area contributed by atoms with E-state index in [1.807, 2.05) is 13.8 Å². The van der Waals surface area contributed by atoms with E-state index >= 15 is 0 Å². The summed E-state index contributed by atoms with van der Waals surface area (Å²) in [5.41, 5.74) is 7.87. The Labute approximate surface area is 125 Å². The Bertz CT molecular complexity index is 634. The Kier molecular flexibility index (Phi) is 3.71. The van der Waals surface area contributed by atoms with Gasteiger partial charge >= 0.3 is 0 Å². The molecule has 3 N–H and O–H groups in total. The third-order valence-electron chi connectivity index (χ3n) is 4.03. The topological polar surface area (TPSA) is 81.4 Å². The molecular formula is C15H22N2O3S. The van der Waals surface area contributed by atoms with Gasteiger partial charge in [0.05, 0.1) is 11.5 Å². The molecule has 1 aliphatic carbocycles. The van der Waals surface area contributed by atoms with Crippen molar-refractivity contribution in [3.63, 3.8) is 0 Å². The van der Waals surface area contributed by atoms with E-state index in [0.29, 0.717) is 17.9 Å². The van der Waals surface area contributed by atoms with E-state index in [0.717, 1.165) is 29.7 Å². The molecule has 1 aromatic rings. The molecule has 3 rings (SSSR count). The van der Waals surface area contributed by atoms with Gasteiger partial charge in [-0.05, 0) is 36.5 Å². The molecule has 1 saturated carbocycles. The molecule has 0 bridgehead atoms. The fraction of sp³-hybridized carbons (Fsp3) is 0.600. The lowest BCUT2D eigenvalue weighted by molar-refractivity contribution is 0.264. The van der Waals surface area contributed by atoms with Crippen LogP contribution in [0.3, 0.4) is 0 Å². The lowest BCUT2D eigenvalue weighted by Gasteiger charge is -2.27. The molecule has 1 heterocycles. The standard InChI is InChI=1S/C15H22N2O3S/c1-9(2)12-7-11(21(18,19)17-10-3-4-10)8-13-14(16)5-6-20-15(12)13/h7-10,14,17H,3-6,16H2,1-2H3. The van der Waals surface area contributed by atoms with Crippen LogP contribution in [-0.2, 0) is 10.0 Å². The Balaban J connectivity index is 2.09. The second-order valence-corrected chi connectivity index (χ2v) is 7.94. The quantitative estimate of drug-likeness (QED) is 0.891. The summed E-state index contributed by atoms with van der Waals surface area (Å²) in [5, 5.41) is 0. The van der Waals surface area contributed by atoms with E-state index < -0.39 is 10.0 Å². The molecule has 2 aliphatic rings. The SMILES string of the molecule is CC(C)c1cc(S(=O)(=O)NC2CC2)cc2c1OCCC2N. The first-order valence-electron chi connectivity index (χ1n) is 7.47. The maximum Gasteiger partial charge on any atom is 0.240 e. The van der Waals surface area contributed by atoms with Crippen molar-refractivity contribution >= 4 is 10.0 Å². The van der Waals surface area contributed by atoms with Crippen molar-refractivity contribution in [1.82, 2.24) is 4.72 Å². The highest BCUT2D eigenvalue weighted by molar-refractivity contribution is 7.89. The van der Waals surface area contributed by atoms with Gasteiger partial charge in [0.15, 0.2) is 0 Å². The van der Waals surface area contributed by atoms with E-state index in [1.54, 1.807) is 12.1 Å². The second kappa shape index (κ2) is 5.26. The lowest BCUT2D eigenvalue weighted by Crippen LogP contribution is -2.27. The normalized spacial score (nSPS) is 22.0. The smallest absolute Gasteiger partial charge is 0.240 e. The summed E-state index contributed by atoms with van der Waals surface area (Å²) in [7, 11) is -3.47. The van der Waals surface area contributed by atoms with Crippen LogP contribution in [0.15, 0.2) is 17.0 Å². The number of hydrogen-bond acceptors (Lipinski definition) is 4. The highest BCUT2D eigenvalue weighted by Crippen LogP contribution is 2.39. The highest BCUT2D eigenvalue weighted by Gasteiger charge is 2.31. The summed E-state index contributed by atoms with van der Waals surface area (Å²) in [6, 6.07) is 3.34. The van der Waals surface area contributed by atoms with Crippen molar-refractivity contribution in [3.05, 3.63) is 23.3 Å². The second-order valence-electron chi connectivity index (χ2n) is 6.22. The molecule has 6 heteroatoms. The number of ether oxygens (including phenoxy) is 1. The minimum absolute atomic E-state index is 0.0958. The third kappa shape index (κ3) is 2.93. The molecule has 1 atom stereocenters. The summed E-state index contributed by atoms with van der Waals surface area (Å²) in [4.78, 5) is 0.304. The Hall–Kier alpha value is -1.11. The van der Waals surface area contributed by atoms with Crippen molar-refractivity contribution in [1.29, 1.82) is 0 Å². The number of nitrogens with one attached hydrogen (secondary N) is 1. The van der Waals surface area contributed by atoms with Crippen LogP contribution in [0.2, 0.25) is 0 Å². The van der Waals surface area contributed by atoms with Crippen molar-refractivity contribution in [2.24, 2.45) is 5.73 Å². The van der Waals surface area contributed by atoms with E-state index in [9.17, 15) is 8.42 Å². The predicted molar refractivity (Wildman–Crippen MR) is 80.9 cm³/mol.